The molecule has 3 rings (SSSR count). The average molecular weight is 279 g/mol. The first-order chi connectivity index (χ1) is 9.33. The van der Waals surface area contributed by atoms with E-state index in [1.54, 1.807) is 0 Å². The number of hydrogen-bond acceptors (Lipinski definition) is 4. The second-order valence-electron chi connectivity index (χ2n) is 6.01. The summed E-state index contributed by atoms with van der Waals surface area (Å²) in [6, 6.07) is 1.41. The largest absolute Gasteiger partial charge is 0.345 e. The van der Waals surface area contributed by atoms with Gasteiger partial charge in [0.25, 0.3) is 0 Å². The van der Waals surface area contributed by atoms with Gasteiger partial charge in [-0.3, -0.25) is 0 Å². The zero-order valence-corrected chi connectivity index (χ0v) is 12.7. The van der Waals surface area contributed by atoms with Gasteiger partial charge in [0.05, 0.1) is 0 Å². The Balaban J connectivity index is 1.56. The van der Waals surface area contributed by atoms with Crippen LogP contribution in [0.5, 0.6) is 0 Å². The minimum Gasteiger partial charge on any atom is -0.345 e. The summed E-state index contributed by atoms with van der Waals surface area (Å²) in [6.45, 7) is 4.52. The van der Waals surface area contributed by atoms with Crippen LogP contribution in [0.1, 0.15) is 56.7 Å². The van der Waals surface area contributed by atoms with Crippen molar-refractivity contribution in [2.45, 2.75) is 70.5 Å². The first-order valence-electron chi connectivity index (χ1n) is 7.77. The number of hydrogen-bond donors (Lipinski definition) is 1. The van der Waals surface area contributed by atoms with E-state index in [-0.39, 0.29) is 0 Å². The number of nitrogens with one attached hydrogen (secondary N) is 1. The summed E-state index contributed by atoms with van der Waals surface area (Å²) in [5.41, 5.74) is 0. The normalized spacial score (nSPS) is 25.1. The van der Waals surface area contributed by atoms with Gasteiger partial charge >= 0.3 is 0 Å². The molecule has 1 aromatic heterocycles. The molecule has 4 heteroatoms. The van der Waals surface area contributed by atoms with Crippen LogP contribution < -0.4 is 10.2 Å². The van der Waals surface area contributed by atoms with E-state index in [2.05, 4.69) is 28.3 Å². The Morgan fingerprint density at radius 3 is 2.84 bits per heavy atom. The maximum absolute atomic E-state index is 4.64. The molecule has 0 spiro atoms. The number of rotatable bonds is 4. The molecule has 1 unspecified atom stereocenters. The van der Waals surface area contributed by atoms with E-state index in [1.165, 1.54) is 61.5 Å². The Bertz CT molecular complexity index is 398. The van der Waals surface area contributed by atoms with Crippen molar-refractivity contribution in [3.05, 3.63) is 11.1 Å². The molecule has 0 amide bonds. The molecule has 2 heterocycles. The monoisotopic (exact) mass is 279 g/mol. The predicted molar refractivity (Wildman–Crippen MR) is 81.9 cm³/mol. The molecule has 1 saturated carbocycles. The number of nitrogens with zero attached hydrogens (tertiary/aromatic N) is 2. The Morgan fingerprint density at radius 2 is 2.05 bits per heavy atom. The summed E-state index contributed by atoms with van der Waals surface area (Å²) >= 11 is 1.88. The van der Waals surface area contributed by atoms with E-state index in [9.17, 15) is 0 Å². The van der Waals surface area contributed by atoms with Crippen molar-refractivity contribution in [3.63, 3.8) is 0 Å². The lowest BCUT2D eigenvalue weighted by Crippen LogP contribution is -2.37. The molecule has 1 aliphatic heterocycles. The fraction of sp³-hybridized carbons (Fsp3) is 0.800. The molecule has 0 radical (unpaired) electrons. The topological polar surface area (TPSA) is 28.2 Å². The molecule has 1 atom stereocenters. The van der Waals surface area contributed by atoms with E-state index in [1.807, 2.05) is 11.3 Å². The van der Waals surface area contributed by atoms with Crippen molar-refractivity contribution in [1.82, 2.24) is 10.3 Å². The number of anilines is 1. The van der Waals surface area contributed by atoms with Gasteiger partial charge in [0.2, 0.25) is 0 Å². The summed E-state index contributed by atoms with van der Waals surface area (Å²) in [6.07, 6.45) is 11.6. The Labute approximate surface area is 120 Å². The van der Waals surface area contributed by atoms with Crippen LogP contribution in [0.2, 0.25) is 0 Å². The van der Waals surface area contributed by atoms with Crippen molar-refractivity contribution >= 4 is 16.5 Å². The van der Waals surface area contributed by atoms with Gasteiger partial charge in [-0.25, -0.2) is 4.98 Å². The first-order valence-corrected chi connectivity index (χ1v) is 8.59. The van der Waals surface area contributed by atoms with Gasteiger partial charge < -0.3 is 10.2 Å². The van der Waals surface area contributed by atoms with Gasteiger partial charge in [0, 0.05) is 36.2 Å². The third-order valence-electron chi connectivity index (χ3n) is 4.51. The van der Waals surface area contributed by atoms with Gasteiger partial charge in [0.15, 0.2) is 5.13 Å². The van der Waals surface area contributed by atoms with Gasteiger partial charge in [-0.2, -0.15) is 0 Å². The van der Waals surface area contributed by atoms with Gasteiger partial charge in [0.1, 0.15) is 0 Å². The summed E-state index contributed by atoms with van der Waals surface area (Å²) in [5, 5.41) is 4.91. The smallest absolute Gasteiger partial charge is 0.185 e. The molecule has 1 saturated heterocycles. The highest BCUT2D eigenvalue weighted by Gasteiger charge is 2.21. The molecule has 1 aliphatic carbocycles. The summed E-state index contributed by atoms with van der Waals surface area (Å²) in [4.78, 5) is 8.52. The Morgan fingerprint density at radius 1 is 1.26 bits per heavy atom. The molecule has 1 N–H and O–H groups in total. The molecular formula is C15H25N3S. The lowest BCUT2D eigenvalue weighted by atomic mass is 10.1. The zero-order chi connectivity index (χ0) is 13.1. The van der Waals surface area contributed by atoms with Crippen LogP contribution in [0, 0.1) is 0 Å². The third kappa shape index (κ3) is 3.29. The molecule has 2 aliphatic rings. The van der Waals surface area contributed by atoms with E-state index in [4.69, 9.17) is 0 Å². The zero-order valence-electron chi connectivity index (χ0n) is 11.9. The van der Waals surface area contributed by atoms with Crippen LogP contribution >= 0.6 is 11.3 Å². The minimum atomic E-state index is 0.663. The molecule has 0 bridgehead atoms. The second kappa shape index (κ2) is 6.23. The van der Waals surface area contributed by atoms with E-state index in [0.717, 1.165) is 12.6 Å². The third-order valence-corrected chi connectivity index (χ3v) is 5.54. The van der Waals surface area contributed by atoms with Crippen LogP contribution in [-0.4, -0.2) is 23.6 Å². The predicted octanol–water partition coefficient (Wildman–Crippen LogP) is 3.55. The number of piperidine rings is 1. The van der Waals surface area contributed by atoms with Gasteiger partial charge in [-0.15, -0.1) is 11.3 Å². The van der Waals surface area contributed by atoms with E-state index < -0.39 is 0 Å². The fourth-order valence-electron chi connectivity index (χ4n) is 3.27. The van der Waals surface area contributed by atoms with E-state index >= 15 is 0 Å². The van der Waals surface area contributed by atoms with Crippen molar-refractivity contribution in [3.8, 4) is 0 Å². The minimum absolute atomic E-state index is 0.663. The van der Waals surface area contributed by atoms with Crippen LogP contribution in [0.15, 0.2) is 6.20 Å². The van der Waals surface area contributed by atoms with Crippen LogP contribution in [-0.2, 0) is 6.54 Å². The highest BCUT2D eigenvalue weighted by molar-refractivity contribution is 7.15. The summed E-state index contributed by atoms with van der Waals surface area (Å²) < 4.78 is 0. The van der Waals surface area contributed by atoms with Crippen molar-refractivity contribution in [2.75, 3.05) is 11.4 Å². The van der Waals surface area contributed by atoms with Crippen molar-refractivity contribution < 1.29 is 0 Å². The van der Waals surface area contributed by atoms with Crippen molar-refractivity contribution in [2.24, 2.45) is 0 Å². The molecule has 2 fully saturated rings. The first kappa shape index (κ1) is 13.4. The highest BCUT2D eigenvalue weighted by atomic mass is 32.1. The SMILES string of the molecule is CC1CCCCN1c1ncc(CNC2CCCC2)s1. The lowest BCUT2D eigenvalue weighted by molar-refractivity contribution is 0.484. The van der Waals surface area contributed by atoms with Gasteiger partial charge in [-0.1, -0.05) is 12.8 Å². The van der Waals surface area contributed by atoms with Gasteiger partial charge in [-0.05, 0) is 39.0 Å². The quantitative estimate of drug-likeness (QED) is 0.913. The lowest BCUT2D eigenvalue weighted by Gasteiger charge is -2.33. The molecule has 0 aromatic carbocycles. The van der Waals surface area contributed by atoms with Crippen LogP contribution in [0.3, 0.4) is 0 Å². The summed E-state index contributed by atoms with van der Waals surface area (Å²) in [5.74, 6) is 0. The van der Waals surface area contributed by atoms with Crippen molar-refractivity contribution in [1.29, 1.82) is 0 Å². The molecule has 1 aromatic rings. The molecule has 19 heavy (non-hydrogen) atoms. The van der Waals surface area contributed by atoms with Crippen LogP contribution in [0.4, 0.5) is 5.13 Å². The average Bonchev–Trinajstić information content (AvgIpc) is 3.08. The number of aromatic nitrogens is 1. The summed E-state index contributed by atoms with van der Waals surface area (Å²) in [7, 11) is 0. The maximum Gasteiger partial charge on any atom is 0.185 e. The fourth-order valence-corrected chi connectivity index (χ4v) is 4.26. The molecule has 106 valence electrons. The van der Waals surface area contributed by atoms with Crippen LogP contribution in [0.25, 0.3) is 0 Å². The molecular weight excluding hydrogens is 254 g/mol. The Kier molecular flexibility index (Phi) is 4.38. The highest BCUT2D eigenvalue weighted by Crippen LogP contribution is 2.29. The second-order valence-corrected chi connectivity index (χ2v) is 7.10. The molecule has 3 nitrogen and oxygen atoms in total. The number of thiazole rings is 1. The maximum atomic E-state index is 4.64. The standard InChI is InChI=1S/C15H25N3S/c1-12-6-4-5-9-18(12)15-17-11-14(19-15)10-16-13-7-2-3-8-13/h11-13,16H,2-10H2,1H3. The Hall–Kier alpha value is -0.610. The van der Waals surface area contributed by atoms with E-state index in [0.29, 0.717) is 6.04 Å².